The normalized spacial score (nSPS) is 16.9. The third-order valence-corrected chi connectivity index (χ3v) is 6.47. The fourth-order valence-electron chi connectivity index (χ4n) is 2.77. The average Bonchev–Trinajstić information content (AvgIpc) is 2.86. The molecule has 0 unspecified atom stereocenters. The Morgan fingerprint density at radius 2 is 1.58 bits per heavy atom. The van der Waals surface area contributed by atoms with Gasteiger partial charge in [-0.2, -0.15) is 0 Å². The molecule has 0 bridgehead atoms. The van der Waals surface area contributed by atoms with Gasteiger partial charge in [-0.15, -0.1) is 0 Å². The van der Waals surface area contributed by atoms with Crippen LogP contribution in [-0.2, 0) is 6.42 Å². The number of hydrogen-bond acceptors (Lipinski definition) is 0. The SMILES string of the molecule is C1=CC2=C(Cc3ccccc32)[As]=C1c1ccccc1. The summed E-state index contributed by atoms with van der Waals surface area (Å²) in [5, 5.41) is 0. The van der Waals surface area contributed by atoms with Gasteiger partial charge in [-0.3, -0.25) is 0 Å². The Balaban J connectivity index is 1.79. The van der Waals surface area contributed by atoms with Crippen molar-refractivity contribution in [3.05, 3.63) is 87.8 Å². The molecule has 1 heteroatoms. The van der Waals surface area contributed by atoms with Gasteiger partial charge in [-0.25, -0.2) is 0 Å². The third-order valence-electron chi connectivity index (χ3n) is 3.71. The second-order valence-corrected chi connectivity index (χ2v) is 7.50. The number of hydrogen-bond donors (Lipinski definition) is 0. The van der Waals surface area contributed by atoms with Crippen LogP contribution in [0.25, 0.3) is 5.57 Å². The molecule has 0 amide bonds. The third kappa shape index (κ3) is 1.88. The molecule has 1 aliphatic heterocycles. The molecule has 0 fully saturated rings. The van der Waals surface area contributed by atoms with Crippen LogP contribution in [0.15, 0.2) is 71.1 Å². The van der Waals surface area contributed by atoms with Crippen LogP contribution in [0, 0.1) is 0 Å². The van der Waals surface area contributed by atoms with E-state index in [0.29, 0.717) is 0 Å². The molecule has 0 radical (unpaired) electrons. The molecular formula is C18H13As. The molecule has 2 aliphatic rings. The molecule has 0 N–H and O–H groups in total. The molecule has 0 atom stereocenters. The van der Waals surface area contributed by atoms with Crippen molar-refractivity contribution in [2.45, 2.75) is 6.42 Å². The Bertz CT molecular complexity index is 733. The van der Waals surface area contributed by atoms with Crippen LogP contribution < -0.4 is 0 Å². The van der Waals surface area contributed by atoms with E-state index in [-0.39, 0.29) is 15.3 Å². The summed E-state index contributed by atoms with van der Waals surface area (Å²) >= 11 is 0.150. The maximum atomic E-state index is 2.33. The van der Waals surface area contributed by atoms with Crippen molar-refractivity contribution in [2.75, 3.05) is 0 Å². The number of benzene rings is 2. The van der Waals surface area contributed by atoms with E-state index < -0.39 is 0 Å². The van der Waals surface area contributed by atoms with Gasteiger partial charge in [0.1, 0.15) is 0 Å². The van der Waals surface area contributed by atoms with Gasteiger partial charge in [-0.1, -0.05) is 0 Å². The molecule has 0 saturated carbocycles. The number of rotatable bonds is 1. The second-order valence-electron chi connectivity index (χ2n) is 4.89. The van der Waals surface area contributed by atoms with Crippen molar-refractivity contribution in [3.63, 3.8) is 0 Å². The summed E-state index contributed by atoms with van der Waals surface area (Å²) in [6, 6.07) is 19.6. The summed E-state index contributed by atoms with van der Waals surface area (Å²) in [5.74, 6) is 0. The second kappa shape index (κ2) is 4.47. The van der Waals surface area contributed by atoms with Crippen molar-refractivity contribution in [2.24, 2.45) is 0 Å². The van der Waals surface area contributed by atoms with Gasteiger partial charge >= 0.3 is 119 Å². The summed E-state index contributed by atoms with van der Waals surface area (Å²) in [4.78, 5) is 0. The van der Waals surface area contributed by atoms with Crippen LogP contribution in [0.5, 0.6) is 0 Å². The van der Waals surface area contributed by atoms with E-state index in [1.54, 1.807) is 4.36 Å². The summed E-state index contributed by atoms with van der Waals surface area (Å²) in [6.07, 6.45) is 5.81. The zero-order chi connectivity index (χ0) is 12.7. The molecule has 90 valence electrons. The van der Waals surface area contributed by atoms with Crippen LogP contribution in [0.1, 0.15) is 16.7 Å². The zero-order valence-electron chi connectivity index (χ0n) is 10.5. The minimum absolute atomic E-state index is 0.150. The standard InChI is InChI=1S/C18H13As/c1-2-6-13(7-3-1)17-11-10-16-15-9-5-4-8-14(15)12-18(16)19-17/h1-11H,12H2. The molecular weight excluding hydrogens is 291 g/mol. The van der Waals surface area contributed by atoms with E-state index in [2.05, 4.69) is 66.7 Å². The van der Waals surface area contributed by atoms with Crippen LogP contribution in [0.2, 0.25) is 0 Å². The summed E-state index contributed by atoms with van der Waals surface area (Å²) in [6.45, 7) is 0. The van der Waals surface area contributed by atoms with Crippen LogP contribution in [-0.4, -0.2) is 19.6 Å². The van der Waals surface area contributed by atoms with Gasteiger partial charge in [0, 0.05) is 0 Å². The molecule has 19 heavy (non-hydrogen) atoms. The fourth-order valence-corrected chi connectivity index (χ4v) is 5.46. The first kappa shape index (κ1) is 11.2. The Morgan fingerprint density at radius 1 is 0.789 bits per heavy atom. The number of fused-ring (bicyclic) bond motifs is 2. The van der Waals surface area contributed by atoms with Crippen LogP contribution in [0.4, 0.5) is 0 Å². The van der Waals surface area contributed by atoms with Gasteiger partial charge in [-0.05, 0) is 0 Å². The number of allylic oxidation sites excluding steroid dienone is 4. The average molecular weight is 304 g/mol. The summed E-state index contributed by atoms with van der Waals surface area (Å²) < 4.78 is 3.20. The molecule has 0 spiro atoms. The topological polar surface area (TPSA) is 0 Å². The molecule has 0 saturated heterocycles. The predicted molar refractivity (Wildman–Crippen MR) is 82.5 cm³/mol. The molecule has 1 heterocycles. The van der Waals surface area contributed by atoms with Crippen LogP contribution in [0.3, 0.4) is 0 Å². The van der Waals surface area contributed by atoms with E-state index in [1.807, 2.05) is 0 Å². The predicted octanol–water partition coefficient (Wildman–Crippen LogP) is 3.45. The van der Waals surface area contributed by atoms with E-state index in [0.717, 1.165) is 6.42 Å². The minimum atomic E-state index is 0.150. The quantitative estimate of drug-likeness (QED) is 0.708. The molecule has 0 nitrogen and oxygen atoms in total. The first-order valence-corrected chi connectivity index (χ1v) is 8.43. The Kier molecular flexibility index (Phi) is 2.64. The van der Waals surface area contributed by atoms with Crippen LogP contribution >= 0.6 is 0 Å². The van der Waals surface area contributed by atoms with E-state index >= 15 is 0 Å². The zero-order valence-corrected chi connectivity index (χ0v) is 12.4. The molecule has 2 aromatic carbocycles. The maximum absolute atomic E-state index is 2.33. The van der Waals surface area contributed by atoms with Gasteiger partial charge < -0.3 is 0 Å². The fraction of sp³-hybridized carbons (Fsp3) is 0.0556. The van der Waals surface area contributed by atoms with E-state index in [1.165, 1.54) is 26.6 Å². The van der Waals surface area contributed by atoms with Crippen molar-refractivity contribution in [1.82, 2.24) is 0 Å². The summed E-state index contributed by atoms with van der Waals surface area (Å²) in [5.41, 5.74) is 5.84. The van der Waals surface area contributed by atoms with Crippen molar-refractivity contribution in [1.29, 1.82) is 0 Å². The monoisotopic (exact) mass is 304 g/mol. The Hall–Kier alpha value is -1.65. The molecule has 1 aliphatic carbocycles. The van der Waals surface area contributed by atoms with Gasteiger partial charge in [0.25, 0.3) is 0 Å². The molecule has 2 aromatic rings. The molecule has 4 rings (SSSR count). The van der Waals surface area contributed by atoms with Crippen molar-refractivity contribution >= 4 is 25.2 Å². The Labute approximate surface area is 119 Å². The van der Waals surface area contributed by atoms with Crippen molar-refractivity contribution in [3.8, 4) is 0 Å². The van der Waals surface area contributed by atoms with E-state index in [9.17, 15) is 0 Å². The van der Waals surface area contributed by atoms with Gasteiger partial charge in [0.15, 0.2) is 0 Å². The molecule has 0 aromatic heterocycles. The van der Waals surface area contributed by atoms with Gasteiger partial charge in [0.2, 0.25) is 0 Å². The Morgan fingerprint density at radius 3 is 2.47 bits per heavy atom. The first-order valence-electron chi connectivity index (χ1n) is 6.55. The van der Waals surface area contributed by atoms with Gasteiger partial charge in [0.05, 0.1) is 0 Å². The first-order chi connectivity index (χ1) is 9.42. The van der Waals surface area contributed by atoms with Crippen molar-refractivity contribution < 1.29 is 0 Å². The van der Waals surface area contributed by atoms with E-state index in [4.69, 9.17) is 0 Å². The summed E-state index contributed by atoms with van der Waals surface area (Å²) in [7, 11) is 0.